The van der Waals surface area contributed by atoms with Gasteiger partial charge in [0.2, 0.25) is 5.95 Å². The highest BCUT2D eigenvalue weighted by Gasteiger charge is 2.21. The van der Waals surface area contributed by atoms with Crippen LogP contribution in [-0.4, -0.2) is 36.8 Å². The smallest absolute Gasteiger partial charge is 0.223 e. The van der Waals surface area contributed by atoms with Gasteiger partial charge in [-0.1, -0.05) is 6.08 Å². The molecule has 24 heavy (non-hydrogen) atoms. The summed E-state index contributed by atoms with van der Waals surface area (Å²) in [5, 5.41) is 7.10. The minimum absolute atomic E-state index is 0.172. The SMILES string of the molecule is CC(C)(F)CNc1ncc2c(n1)CC=C2c1ccn2nccc2n1. The predicted octanol–water partition coefficient (Wildman–Crippen LogP) is 2.67. The van der Waals surface area contributed by atoms with E-state index >= 15 is 0 Å². The summed E-state index contributed by atoms with van der Waals surface area (Å²) in [6.07, 6.45) is 8.19. The molecule has 0 bridgehead atoms. The second-order valence-electron chi connectivity index (χ2n) is 6.39. The maximum absolute atomic E-state index is 13.6. The van der Waals surface area contributed by atoms with Crippen molar-refractivity contribution in [2.45, 2.75) is 25.9 Å². The number of hydrogen-bond donors (Lipinski definition) is 1. The van der Waals surface area contributed by atoms with Crippen molar-refractivity contribution in [3.05, 3.63) is 53.8 Å². The first-order valence-corrected chi connectivity index (χ1v) is 7.80. The van der Waals surface area contributed by atoms with Gasteiger partial charge in [-0.2, -0.15) is 5.10 Å². The van der Waals surface area contributed by atoms with Gasteiger partial charge in [0.05, 0.1) is 24.1 Å². The maximum atomic E-state index is 13.6. The van der Waals surface area contributed by atoms with Gasteiger partial charge in [0.15, 0.2) is 5.65 Å². The molecule has 0 fully saturated rings. The number of nitrogens with zero attached hydrogens (tertiary/aromatic N) is 5. The third-order valence-electron chi connectivity index (χ3n) is 3.86. The minimum atomic E-state index is -1.31. The third-order valence-corrected chi connectivity index (χ3v) is 3.86. The van der Waals surface area contributed by atoms with Crippen LogP contribution < -0.4 is 5.32 Å². The zero-order valence-electron chi connectivity index (χ0n) is 13.5. The molecule has 0 unspecified atom stereocenters. The van der Waals surface area contributed by atoms with Crippen molar-refractivity contribution in [1.29, 1.82) is 0 Å². The lowest BCUT2D eigenvalue weighted by molar-refractivity contribution is 0.234. The number of allylic oxidation sites excluding steroid dienone is 1. The zero-order valence-corrected chi connectivity index (χ0v) is 13.5. The Morgan fingerprint density at radius 2 is 2.17 bits per heavy atom. The van der Waals surface area contributed by atoms with Crippen LogP contribution in [0.15, 0.2) is 36.8 Å². The average Bonchev–Trinajstić information content (AvgIpc) is 3.17. The van der Waals surface area contributed by atoms with Crippen LogP contribution >= 0.6 is 0 Å². The van der Waals surface area contributed by atoms with Gasteiger partial charge in [-0.05, 0) is 19.9 Å². The normalized spacial score (nSPS) is 13.9. The van der Waals surface area contributed by atoms with Crippen molar-refractivity contribution in [3.8, 4) is 0 Å². The van der Waals surface area contributed by atoms with Crippen molar-refractivity contribution in [2.24, 2.45) is 0 Å². The Hall–Kier alpha value is -2.83. The number of aromatic nitrogens is 5. The van der Waals surface area contributed by atoms with Gasteiger partial charge < -0.3 is 5.32 Å². The number of halogens is 1. The molecule has 7 heteroatoms. The second-order valence-corrected chi connectivity index (χ2v) is 6.39. The molecule has 3 heterocycles. The Balaban J connectivity index is 1.61. The number of nitrogens with one attached hydrogen (secondary N) is 1. The van der Waals surface area contributed by atoms with E-state index in [0.29, 0.717) is 12.4 Å². The summed E-state index contributed by atoms with van der Waals surface area (Å²) < 4.78 is 15.3. The van der Waals surface area contributed by atoms with Crippen molar-refractivity contribution in [3.63, 3.8) is 0 Å². The number of anilines is 1. The predicted molar refractivity (Wildman–Crippen MR) is 89.5 cm³/mol. The van der Waals surface area contributed by atoms with E-state index in [1.54, 1.807) is 16.9 Å². The first-order chi connectivity index (χ1) is 11.5. The summed E-state index contributed by atoms with van der Waals surface area (Å²) in [7, 11) is 0. The van der Waals surface area contributed by atoms with Gasteiger partial charge in [-0.15, -0.1) is 0 Å². The summed E-state index contributed by atoms with van der Waals surface area (Å²) in [4.78, 5) is 13.4. The molecule has 6 nitrogen and oxygen atoms in total. The molecular weight excluding hydrogens is 307 g/mol. The molecule has 1 aliphatic rings. The molecule has 0 amide bonds. The summed E-state index contributed by atoms with van der Waals surface area (Å²) in [5.41, 5.74) is 3.27. The monoisotopic (exact) mass is 324 g/mol. The molecule has 0 radical (unpaired) electrons. The highest BCUT2D eigenvalue weighted by Crippen LogP contribution is 2.30. The first kappa shape index (κ1) is 14.7. The molecule has 3 aromatic rings. The molecule has 122 valence electrons. The van der Waals surface area contributed by atoms with Gasteiger partial charge in [-0.25, -0.2) is 23.9 Å². The highest BCUT2D eigenvalue weighted by atomic mass is 19.1. The average molecular weight is 324 g/mol. The number of rotatable bonds is 4. The Kier molecular flexibility index (Phi) is 3.30. The molecule has 0 saturated carbocycles. The van der Waals surface area contributed by atoms with Crippen molar-refractivity contribution < 1.29 is 4.39 Å². The third kappa shape index (κ3) is 2.73. The maximum Gasteiger partial charge on any atom is 0.223 e. The van der Waals surface area contributed by atoms with E-state index in [-0.39, 0.29) is 6.54 Å². The van der Waals surface area contributed by atoms with Gasteiger partial charge in [0.25, 0.3) is 0 Å². The Bertz CT molecular complexity index is 938. The van der Waals surface area contributed by atoms with Crippen LogP contribution in [0.1, 0.15) is 30.8 Å². The Morgan fingerprint density at radius 3 is 3.00 bits per heavy atom. The van der Waals surface area contributed by atoms with Crippen molar-refractivity contribution in [1.82, 2.24) is 24.6 Å². The van der Waals surface area contributed by atoms with Crippen molar-refractivity contribution >= 4 is 17.2 Å². The molecule has 1 N–H and O–H groups in total. The summed E-state index contributed by atoms with van der Waals surface area (Å²) in [6, 6.07) is 3.79. The van der Waals surface area contributed by atoms with E-state index in [4.69, 9.17) is 0 Å². The number of fused-ring (bicyclic) bond motifs is 2. The van der Waals surface area contributed by atoms with Gasteiger partial charge >= 0.3 is 0 Å². The standard InChI is InChI=1S/C17H17FN6/c1-17(2,18)10-20-16-19-9-12-11(3-4-13(12)23-16)14-6-8-24-15(22-14)5-7-21-24/h3,5-9H,4,10H2,1-2H3,(H,19,20,23). The molecule has 0 aliphatic heterocycles. The van der Waals surface area contributed by atoms with Gasteiger partial charge in [-0.3, -0.25) is 0 Å². The van der Waals surface area contributed by atoms with Crippen molar-refractivity contribution in [2.75, 3.05) is 11.9 Å². The molecule has 1 aliphatic carbocycles. The van der Waals surface area contributed by atoms with Crippen LogP contribution in [0.25, 0.3) is 11.2 Å². The number of hydrogen-bond acceptors (Lipinski definition) is 5. The molecule has 0 saturated heterocycles. The zero-order chi connectivity index (χ0) is 16.7. The number of alkyl halides is 1. The fraction of sp³-hybridized carbons (Fsp3) is 0.294. The topological polar surface area (TPSA) is 68.0 Å². The molecule has 4 rings (SSSR count). The summed E-state index contributed by atoms with van der Waals surface area (Å²) in [6.45, 7) is 3.21. The van der Waals surface area contributed by atoms with E-state index in [2.05, 4.69) is 31.4 Å². The molecule has 0 atom stereocenters. The van der Waals surface area contributed by atoms with Gasteiger partial charge in [0.1, 0.15) is 5.67 Å². The Morgan fingerprint density at radius 1 is 1.29 bits per heavy atom. The van der Waals surface area contributed by atoms with Crippen LogP contribution in [0.2, 0.25) is 0 Å². The fourth-order valence-electron chi connectivity index (χ4n) is 2.69. The summed E-state index contributed by atoms with van der Waals surface area (Å²) in [5.74, 6) is 0.452. The van der Waals surface area contributed by atoms with Crippen LogP contribution in [0, 0.1) is 0 Å². The van der Waals surface area contributed by atoms with E-state index < -0.39 is 5.67 Å². The van der Waals surface area contributed by atoms with Crippen LogP contribution in [0.4, 0.5) is 10.3 Å². The lowest BCUT2D eigenvalue weighted by Crippen LogP contribution is -2.25. The van der Waals surface area contributed by atoms with E-state index in [1.165, 1.54) is 13.8 Å². The van der Waals surface area contributed by atoms with Crippen LogP contribution in [0.3, 0.4) is 0 Å². The molecule has 3 aromatic heterocycles. The van der Waals surface area contributed by atoms with Crippen LogP contribution in [-0.2, 0) is 6.42 Å². The Labute approximate surface area is 138 Å². The fourth-order valence-corrected chi connectivity index (χ4v) is 2.69. The van der Waals surface area contributed by atoms with E-state index in [1.807, 2.05) is 18.3 Å². The second kappa shape index (κ2) is 5.36. The summed E-state index contributed by atoms with van der Waals surface area (Å²) >= 11 is 0. The minimum Gasteiger partial charge on any atom is -0.351 e. The largest absolute Gasteiger partial charge is 0.351 e. The first-order valence-electron chi connectivity index (χ1n) is 7.80. The molecule has 0 aromatic carbocycles. The lowest BCUT2D eigenvalue weighted by Gasteiger charge is -2.15. The van der Waals surface area contributed by atoms with Crippen LogP contribution in [0.5, 0.6) is 0 Å². The highest BCUT2D eigenvalue weighted by molar-refractivity contribution is 5.82. The van der Waals surface area contributed by atoms with E-state index in [0.717, 1.165) is 28.2 Å². The van der Waals surface area contributed by atoms with E-state index in [9.17, 15) is 4.39 Å². The quantitative estimate of drug-likeness (QED) is 0.799. The lowest BCUT2D eigenvalue weighted by atomic mass is 10.1. The van der Waals surface area contributed by atoms with Gasteiger partial charge in [0, 0.05) is 36.0 Å². The molecular formula is C17H17FN6. The molecule has 0 spiro atoms.